The number of aliphatic hydroxyl groups excluding tert-OH is 1. The summed E-state index contributed by atoms with van der Waals surface area (Å²) in [4.78, 5) is 11.7. The van der Waals surface area contributed by atoms with Crippen LogP contribution in [0.15, 0.2) is 0 Å². The number of carbonyl (C=O) groups excluding carboxylic acids is 1. The molecule has 0 aliphatic heterocycles. The van der Waals surface area contributed by atoms with Crippen molar-refractivity contribution >= 4 is 5.91 Å². The normalized spacial score (nSPS) is 12.8. The molecule has 0 saturated carbocycles. The van der Waals surface area contributed by atoms with Crippen LogP contribution in [0.3, 0.4) is 0 Å². The van der Waals surface area contributed by atoms with Gasteiger partial charge in [-0.3, -0.25) is 4.79 Å². The minimum atomic E-state index is -0.0718. The van der Waals surface area contributed by atoms with Gasteiger partial charge in [-0.2, -0.15) is 0 Å². The van der Waals surface area contributed by atoms with Gasteiger partial charge in [0.1, 0.15) is 0 Å². The van der Waals surface area contributed by atoms with Gasteiger partial charge in [0.05, 0.1) is 5.92 Å². The van der Waals surface area contributed by atoms with Gasteiger partial charge >= 0.3 is 0 Å². The number of hydrogen-bond acceptors (Lipinski definition) is 3. The van der Waals surface area contributed by atoms with Gasteiger partial charge < -0.3 is 16.2 Å². The van der Waals surface area contributed by atoms with Gasteiger partial charge in [-0.1, -0.05) is 26.7 Å². The van der Waals surface area contributed by atoms with Crippen LogP contribution in [-0.4, -0.2) is 30.7 Å². The van der Waals surface area contributed by atoms with E-state index in [1.54, 1.807) is 0 Å². The molecule has 0 saturated heterocycles. The van der Waals surface area contributed by atoms with E-state index >= 15 is 0 Å². The van der Waals surface area contributed by atoms with E-state index in [4.69, 9.17) is 10.8 Å². The molecule has 0 aromatic heterocycles. The summed E-state index contributed by atoms with van der Waals surface area (Å²) in [6.45, 7) is 5.41. The molecule has 4 nitrogen and oxygen atoms in total. The number of rotatable bonds is 9. The molecular formula is C12H26N2O2. The number of unbranched alkanes of at least 4 members (excludes halogenated alkanes) is 3. The van der Waals surface area contributed by atoms with Crippen molar-refractivity contribution in [3.8, 4) is 0 Å². The van der Waals surface area contributed by atoms with Crippen LogP contribution in [0.25, 0.3) is 0 Å². The topological polar surface area (TPSA) is 75.4 Å². The third-order valence-corrected chi connectivity index (χ3v) is 2.78. The molecule has 1 atom stereocenters. The summed E-state index contributed by atoms with van der Waals surface area (Å²) in [5.74, 6) is 0.288. The molecular weight excluding hydrogens is 204 g/mol. The van der Waals surface area contributed by atoms with Crippen LogP contribution < -0.4 is 11.1 Å². The van der Waals surface area contributed by atoms with Crippen molar-refractivity contribution in [2.24, 2.45) is 17.6 Å². The zero-order chi connectivity index (χ0) is 12.4. The fourth-order valence-corrected chi connectivity index (χ4v) is 1.61. The molecule has 0 radical (unpaired) electrons. The molecule has 0 aromatic rings. The minimum absolute atomic E-state index is 0.0691. The number of hydrogen-bond donors (Lipinski definition) is 3. The average Bonchev–Trinajstić information content (AvgIpc) is 2.23. The summed E-state index contributed by atoms with van der Waals surface area (Å²) in [6, 6.07) is 0. The summed E-state index contributed by atoms with van der Waals surface area (Å²) in [6.07, 6.45) is 3.90. The first-order valence-corrected chi connectivity index (χ1v) is 6.22. The molecule has 0 aliphatic rings. The molecule has 4 heteroatoms. The van der Waals surface area contributed by atoms with Crippen LogP contribution in [0, 0.1) is 11.8 Å². The standard InChI is InChI=1S/C12H26N2O2/c1-10(2)11(9-13)12(16)14-7-5-3-4-6-8-15/h10-11,15H,3-9,13H2,1-2H3,(H,14,16). The van der Waals surface area contributed by atoms with E-state index in [9.17, 15) is 4.79 Å². The minimum Gasteiger partial charge on any atom is -0.396 e. The maximum absolute atomic E-state index is 11.7. The SMILES string of the molecule is CC(C)C(CN)C(=O)NCCCCCCO. The molecule has 0 heterocycles. The van der Waals surface area contributed by atoms with Gasteiger partial charge in [0.25, 0.3) is 0 Å². The lowest BCUT2D eigenvalue weighted by atomic mass is 9.95. The molecule has 4 N–H and O–H groups in total. The molecule has 1 amide bonds. The number of amides is 1. The number of nitrogens with one attached hydrogen (secondary N) is 1. The van der Waals surface area contributed by atoms with Crippen molar-refractivity contribution in [2.45, 2.75) is 39.5 Å². The van der Waals surface area contributed by atoms with E-state index in [2.05, 4.69) is 5.32 Å². The summed E-state index contributed by atoms with van der Waals surface area (Å²) >= 11 is 0. The number of nitrogens with two attached hydrogens (primary N) is 1. The van der Waals surface area contributed by atoms with Crippen LogP contribution in [0.1, 0.15) is 39.5 Å². The lowest BCUT2D eigenvalue weighted by molar-refractivity contribution is -0.125. The Labute approximate surface area is 98.6 Å². The lowest BCUT2D eigenvalue weighted by Crippen LogP contribution is -2.38. The number of carbonyl (C=O) groups is 1. The van der Waals surface area contributed by atoms with Gasteiger partial charge in [-0.15, -0.1) is 0 Å². The fraction of sp³-hybridized carbons (Fsp3) is 0.917. The van der Waals surface area contributed by atoms with Gasteiger partial charge in [0, 0.05) is 19.7 Å². The molecule has 0 fully saturated rings. The van der Waals surface area contributed by atoms with E-state index in [1.165, 1.54) is 0 Å². The third kappa shape index (κ3) is 6.80. The second-order valence-electron chi connectivity index (χ2n) is 4.52. The maximum Gasteiger partial charge on any atom is 0.224 e. The van der Waals surface area contributed by atoms with Crippen molar-refractivity contribution < 1.29 is 9.90 Å². The van der Waals surface area contributed by atoms with Crippen LogP contribution in [-0.2, 0) is 4.79 Å². The van der Waals surface area contributed by atoms with Crippen molar-refractivity contribution in [1.82, 2.24) is 5.32 Å². The molecule has 1 unspecified atom stereocenters. The smallest absolute Gasteiger partial charge is 0.224 e. The highest BCUT2D eigenvalue weighted by Crippen LogP contribution is 2.09. The van der Waals surface area contributed by atoms with Crippen LogP contribution >= 0.6 is 0 Å². The van der Waals surface area contributed by atoms with Crippen LogP contribution in [0.4, 0.5) is 0 Å². The van der Waals surface area contributed by atoms with Gasteiger partial charge in [-0.05, 0) is 18.8 Å². The Kier molecular flexibility index (Phi) is 9.24. The van der Waals surface area contributed by atoms with E-state index in [1.807, 2.05) is 13.8 Å². The van der Waals surface area contributed by atoms with Crippen molar-refractivity contribution in [1.29, 1.82) is 0 Å². The lowest BCUT2D eigenvalue weighted by Gasteiger charge is -2.18. The van der Waals surface area contributed by atoms with Crippen LogP contribution in [0.5, 0.6) is 0 Å². The predicted octanol–water partition coefficient (Wildman–Crippen LogP) is 0.886. The Morgan fingerprint density at radius 1 is 1.25 bits per heavy atom. The summed E-state index contributed by atoms with van der Waals surface area (Å²) < 4.78 is 0. The largest absolute Gasteiger partial charge is 0.396 e. The van der Waals surface area contributed by atoms with Crippen LogP contribution in [0.2, 0.25) is 0 Å². The Balaban J connectivity index is 3.56. The zero-order valence-corrected chi connectivity index (χ0v) is 10.5. The quantitative estimate of drug-likeness (QED) is 0.515. The zero-order valence-electron chi connectivity index (χ0n) is 10.5. The third-order valence-electron chi connectivity index (χ3n) is 2.78. The fourth-order valence-electron chi connectivity index (χ4n) is 1.61. The highest BCUT2D eigenvalue weighted by molar-refractivity contribution is 5.79. The average molecular weight is 230 g/mol. The van der Waals surface area contributed by atoms with E-state index in [-0.39, 0.29) is 18.4 Å². The van der Waals surface area contributed by atoms with Gasteiger partial charge in [0.2, 0.25) is 5.91 Å². The van der Waals surface area contributed by atoms with E-state index in [0.29, 0.717) is 19.0 Å². The van der Waals surface area contributed by atoms with E-state index < -0.39 is 0 Å². The first-order chi connectivity index (χ1) is 7.63. The Bertz CT molecular complexity index is 184. The summed E-state index contributed by atoms with van der Waals surface area (Å²) in [7, 11) is 0. The molecule has 0 aliphatic carbocycles. The van der Waals surface area contributed by atoms with E-state index in [0.717, 1.165) is 25.7 Å². The van der Waals surface area contributed by atoms with Gasteiger partial charge in [0.15, 0.2) is 0 Å². The maximum atomic E-state index is 11.7. The first-order valence-electron chi connectivity index (χ1n) is 6.22. The molecule has 16 heavy (non-hydrogen) atoms. The first kappa shape index (κ1) is 15.4. The second kappa shape index (κ2) is 9.60. The monoisotopic (exact) mass is 230 g/mol. The molecule has 0 aromatic carbocycles. The Morgan fingerprint density at radius 2 is 1.88 bits per heavy atom. The van der Waals surface area contributed by atoms with Gasteiger partial charge in [-0.25, -0.2) is 0 Å². The Morgan fingerprint density at radius 3 is 2.38 bits per heavy atom. The molecule has 0 spiro atoms. The van der Waals surface area contributed by atoms with Crippen molar-refractivity contribution in [3.63, 3.8) is 0 Å². The molecule has 0 rings (SSSR count). The van der Waals surface area contributed by atoms with Crippen molar-refractivity contribution in [2.75, 3.05) is 19.7 Å². The predicted molar refractivity (Wildman–Crippen MR) is 65.9 cm³/mol. The Hall–Kier alpha value is -0.610. The highest BCUT2D eigenvalue weighted by Gasteiger charge is 2.19. The highest BCUT2D eigenvalue weighted by atomic mass is 16.2. The second-order valence-corrected chi connectivity index (χ2v) is 4.52. The van der Waals surface area contributed by atoms with Crippen molar-refractivity contribution in [3.05, 3.63) is 0 Å². The molecule has 96 valence electrons. The molecule has 0 bridgehead atoms. The summed E-state index contributed by atoms with van der Waals surface area (Å²) in [5.41, 5.74) is 5.56. The summed E-state index contributed by atoms with van der Waals surface area (Å²) in [5, 5.41) is 11.5. The number of aliphatic hydroxyl groups is 1.